The highest BCUT2D eigenvalue weighted by Crippen LogP contribution is 2.45. The Morgan fingerprint density at radius 3 is 1.64 bits per heavy atom. The molecule has 10 aromatic carbocycles. The van der Waals surface area contributed by atoms with Crippen LogP contribution in [0.25, 0.3) is 96.5 Å². The molecule has 12 aromatic rings. The first-order valence-electron chi connectivity index (χ1n) is 23.5. The summed E-state index contributed by atoms with van der Waals surface area (Å²) in [7, 11) is 0. The van der Waals surface area contributed by atoms with Gasteiger partial charge >= 0.3 is 0 Å². The normalized spacial score (nSPS) is 13.8. The van der Waals surface area contributed by atoms with Crippen molar-refractivity contribution < 1.29 is 0 Å². The highest BCUT2D eigenvalue weighted by Gasteiger charge is 2.27. The molecule has 2 aromatic heterocycles. The number of hydrogen-bond acceptors (Lipinski definition) is 2. The lowest BCUT2D eigenvalue weighted by molar-refractivity contribution is 0.558. The molecule has 66 heavy (non-hydrogen) atoms. The summed E-state index contributed by atoms with van der Waals surface area (Å²) < 4.78 is 5.13. The fourth-order valence-corrected chi connectivity index (χ4v) is 11.8. The average Bonchev–Trinajstić information content (AvgIpc) is 3.88. The maximum Gasteiger partial charge on any atom is 0.0716 e. The zero-order valence-corrected chi connectivity index (χ0v) is 38.7. The quantitative estimate of drug-likeness (QED) is 0.129. The van der Waals surface area contributed by atoms with Gasteiger partial charge in [-0.3, -0.25) is 4.99 Å². The van der Waals surface area contributed by atoms with Gasteiger partial charge < -0.3 is 4.57 Å². The lowest BCUT2D eigenvalue weighted by Gasteiger charge is -2.27. The third kappa shape index (κ3) is 6.72. The van der Waals surface area contributed by atoms with E-state index in [1.807, 2.05) is 11.3 Å². The smallest absolute Gasteiger partial charge is 0.0716 e. The summed E-state index contributed by atoms with van der Waals surface area (Å²) in [6.07, 6.45) is 1.81. The van der Waals surface area contributed by atoms with Gasteiger partial charge in [0.15, 0.2) is 0 Å². The Kier molecular flexibility index (Phi) is 9.91. The Labute approximate surface area is 389 Å². The maximum atomic E-state index is 6.15. The SMILES string of the molecule is CC/C(C)=C(\N=C(\c1ccc2ccccc2c1)C(CC)C(C)c1ccc2ccccc2c1)c1cc2sc3ccccc3c2cc1-n1c2cc3ccccc3cc2c2cc3ccccc3cc21. The minimum atomic E-state index is 0.134. The molecule has 0 radical (unpaired) electrons. The topological polar surface area (TPSA) is 17.3 Å². The van der Waals surface area contributed by atoms with Crippen molar-refractivity contribution in [3.63, 3.8) is 0 Å². The van der Waals surface area contributed by atoms with Gasteiger partial charge in [0.2, 0.25) is 0 Å². The summed E-state index contributed by atoms with van der Waals surface area (Å²) in [5.74, 6) is 0.339. The summed E-state index contributed by atoms with van der Waals surface area (Å²) in [6.45, 7) is 9.34. The molecule has 0 saturated carbocycles. The second-order valence-electron chi connectivity index (χ2n) is 18.2. The molecular weight excluding hydrogens is 817 g/mol. The van der Waals surface area contributed by atoms with Crippen LogP contribution in [-0.2, 0) is 0 Å². The number of fused-ring (bicyclic) bond motifs is 10. The number of nitrogens with zero attached hydrogens (tertiary/aromatic N) is 2. The fraction of sp³-hybridized carbons (Fsp3) is 0.127. The number of benzene rings is 10. The number of aliphatic imine (C=N–C) groups is 1. The summed E-state index contributed by atoms with van der Waals surface area (Å²) in [5, 5.41) is 15.0. The molecule has 0 aliphatic rings. The van der Waals surface area contributed by atoms with Gasteiger partial charge in [-0.2, -0.15) is 0 Å². The van der Waals surface area contributed by atoms with E-state index in [0.29, 0.717) is 0 Å². The van der Waals surface area contributed by atoms with Crippen molar-refractivity contribution in [2.45, 2.75) is 46.5 Å². The lowest BCUT2D eigenvalue weighted by atomic mass is 9.79. The molecule has 0 bridgehead atoms. The van der Waals surface area contributed by atoms with Crippen LogP contribution >= 0.6 is 11.3 Å². The molecule has 0 saturated heterocycles. The molecule has 0 spiro atoms. The first kappa shape index (κ1) is 40.2. The van der Waals surface area contributed by atoms with Crippen molar-refractivity contribution in [3.05, 3.63) is 216 Å². The van der Waals surface area contributed by atoms with Crippen molar-refractivity contribution in [1.82, 2.24) is 4.57 Å². The summed E-state index contributed by atoms with van der Waals surface area (Å²) in [4.78, 5) is 6.15. The number of thiophene rings is 1. The molecule has 0 N–H and O–H groups in total. The monoisotopic (exact) mass is 866 g/mol. The van der Waals surface area contributed by atoms with E-state index in [9.17, 15) is 0 Å². The molecule has 2 unspecified atom stereocenters. The Hall–Kier alpha value is -7.33. The minimum Gasteiger partial charge on any atom is -0.308 e. The van der Waals surface area contributed by atoms with Gasteiger partial charge in [-0.05, 0) is 134 Å². The highest BCUT2D eigenvalue weighted by atomic mass is 32.1. The largest absolute Gasteiger partial charge is 0.308 e. The molecule has 0 aliphatic heterocycles. The molecule has 0 amide bonds. The third-order valence-electron chi connectivity index (χ3n) is 14.4. The van der Waals surface area contributed by atoms with Gasteiger partial charge in [-0.15, -0.1) is 11.3 Å². The zero-order valence-electron chi connectivity index (χ0n) is 37.8. The van der Waals surface area contributed by atoms with Gasteiger partial charge in [-0.1, -0.05) is 166 Å². The van der Waals surface area contributed by atoms with Crippen LogP contribution in [0, 0.1) is 5.92 Å². The van der Waals surface area contributed by atoms with Gasteiger partial charge in [0.1, 0.15) is 0 Å². The summed E-state index contributed by atoms with van der Waals surface area (Å²) in [6, 6.07) is 72.5. The number of aromatic nitrogens is 1. The molecule has 2 nitrogen and oxygen atoms in total. The second-order valence-corrected chi connectivity index (χ2v) is 19.3. The van der Waals surface area contributed by atoms with E-state index in [4.69, 9.17) is 4.99 Å². The van der Waals surface area contributed by atoms with E-state index >= 15 is 0 Å². The van der Waals surface area contributed by atoms with E-state index in [1.54, 1.807) is 0 Å². The van der Waals surface area contributed by atoms with Crippen LogP contribution in [0.3, 0.4) is 0 Å². The molecule has 0 aliphatic carbocycles. The van der Waals surface area contributed by atoms with Crippen molar-refractivity contribution in [2.24, 2.45) is 10.9 Å². The van der Waals surface area contributed by atoms with E-state index in [-0.39, 0.29) is 11.8 Å². The first-order valence-corrected chi connectivity index (χ1v) is 24.3. The van der Waals surface area contributed by atoms with Crippen molar-refractivity contribution >= 4 is 108 Å². The van der Waals surface area contributed by atoms with Crippen LogP contribution in [-0.4, -0.2) is 10.3 Å². The van der Waals surface area contributed by atoms with Crippen LogP contribution in [0.15, 0.2) is 205 Å². The maximum absolute atomic E-state index is 6.15. The summed E-state index contributed by atoms with van der Waals surface area (Å²) >= 11 is 1.88. The first-order chi connectivity index (χ1) is 32.4. The average molecular weight is 867 g/mol. The number of hydrogen-bond donors (Lipinski definition) is 0. The van der Waals surface area contributed by atoms with Crippen LogP contribution in [0.1, 0.15) is 63.1 Å². The van der Waals surface area contributed by atoms with Crippen LogP contribution < -0.4 is 0 Å². The van der Waals surface area contributed by atoms with E-state index in [0.717, 1.165) is 35.5 Å². The van der Waals surface area contributed by atoms with Crippen LogP contribution in [0.5, 0.6) is 0 Å². The molecule has 0 fully saturated rings. The van der Waals surface area contributed by atoms with Gasteiger partial charge in [0.25, 0.3) is 0 Å². The van der Waals surface area contributed by atoms with E-state index < -0.39 is 0 Å². The van der Waals surface area contributed by atoms with E-state index in [2.05, 4.69) is 226 Å². The Bertz CT molecular complexity index is 3860. The standard InChI is InChI=1S/C63H50N2S/c1-5-39(3)62(64-63(50-30-28-42-18-8-10-20-45(42)32-50)51(6-2)40(4)43-29-27-41-17-7-9-19-44(41)31-43)56-38-61-55(52-25-15-16-26-60(52)66-61)37-59(56)65-57-35-48-23-13-11-21-46(48)33-53(57)54-34-47-22-12-14-24-49(47)36-58(54)65/h7-38,40,51H,5-6H2,1-4H3/b62-39-,64-63-. The molecule has 12 rings (SSSR count). The Morgan fingerprint density at radius 2 is 1.03 bits per heavy atom. The highest BCUT2D eigenvalue weighted by molar-refractivity contribution is 7.25. The van der Waals surface area contributed by atoms with Gasteiger partial charge in [0.05, 0.1) is 28.1 Å². The zero-order chi connectivity index (χ0) is 44.5. The van der Waals surface area contributed by atoms with E-state index in [1.165, 1.54) is 102 Å². The van der Waals surface area contributed by atoms with Gasteiger partial charge in [0, 0.05) is 42.4 Å². The predicted octanol–water partition coefficient (Wildman–Crippen LogP) is 18.2. The van der Waals surface area contributed by atoms with Crippen molar-refractivity contribution in [1.29, 1.82) is 0 Å². The van der Waals surface area contributed by atoms with Crippen molar-refractivity contribution in [2.75, 3.05) is 0 Å². The Balaban J connectivity index is 1.18. The fourth-order valence-electron chi connectivity index (χ4n) is 10.7. The number of rotatable bonds is 9. The molecule has 318 valence electrons. The van der Waals surface area contributed by atoms with Gasteiger partial charge in [-0.25, -0.2) is 0 Å². The second kappa shape index (κ2) is 16.3. The van der Waals surface area contributed by atoms with Crippen LogP contribution in [0.2, 0.25) is 0 Å². The molecular formula is C63H50N2S. The third-order valence-corrected chi connectivity index (χ3v) is 15.5. The minimum absolute atomic E-state index is 0.134. The molecule has 2 heterocycles. The molecule has 3 heteroatoms. The Morgan fingerprint density at radius 1 is 0.500 bits per heavy atom. The predicted molar refractivity (Wildman–Crippen MR) is 288 cm³/mol. The van der Waals surface area contributed by atoms with Crippen molar-refractivity contribution in [3.8, 4) is 5.69 Å². The molecule has 2 atom stereocenters. The van der Waals surface area contributed by atoms with Crippen LogP contribution in [0.4, 0.5) is 0 Å². The summed E-state index contributed by atoms with van der Waals surface area (Å²) in [5.41, 5.74) is 10.7. The lowest BCUT2D eigenvalue weighted by Crippen LogP contribution is -2.22. The number of allylic oxidation sites excluding steroid dienone is 1.